The Hall–Kier alpha value is -2.85. The predicted molar refractivity (Wildman–Crippen MR) is 96.0 cm³/mol. The molecule has 0 unspecified atom stereocenters. The molecule has 0 spiro atoms. The van der Waals surface area contributed by atoms with Crippen LogP contribution in [-0.2, 0) is 16.1 Å². The zero-order chi connectivity index (χ0) is 18.1. The summed E-state index contributed by atoms with van der Waals surface area (Å²) in [6, 6.07) is 19.0. The van der Waals surface area contributed by atoms with Gasteiger partial charge < -0.3 is 9.47 Å². The van der Waals surface area contributed by atoms with Gasteiger partial charge >= 0.3 is 5.97 Å². The summed E-state index contributed by atoms with van der Waals surface area (Å²) in [5.74, 6) is -0.401. The Labute approximate surface area is 154 Å². The van der Waals surface area contributed by atoms with E-state index in [4.69, 9.17) is 21.1 Å². The summed E-state index contributed by atoms with van der Waals surface area (Å²) < 4.78 is 25.2. The maximum atomic E-state index is 13.9. The zero-order valence-electron chi connectivity index (χ0n) is 13.6. The smallest absolute Gasteiger partial charge is 0.318 e. The second-order valence-corrected chi connectivity index (χ2v) is 6.33. The van der Waals surface area contributed by atoms with Gasteiger partial charge in [-0.3, -0.25) is 4.79 Å². The lowest BCUT2D eigenvalue weighted by Crippen LogP contribution is -2.21. The second kappa shape index (κ2) is 6.81. The Morgan fingerprint density at radius 3 is 2.19 bits per heavy atom. The van der Waals surface area contributed by atoms with Gasteiger partial charge in [-0.05, 0) is 24.3 Å². The van der Waals surface area contributed by atoms with Crippen LogP contribution in [0.15, 0.2) is 66.7 Å². The largest absolute Gasteiger partial charge is 0.460 e. The SMILES string of the molecule is O=C(OCc1c(F)cccc1Cl)C1c2ccccc2Oc2ccccc21. The molecule has 3 nitrogen and oxygen atoms in total. The monoisotopic (exact) mass is 368 g/mol. The lowest BCUT2D eigenvalue weighted by atomic mass is 9.88. The number of carbonyl (C=O) groups excluding carboxylic acids is 1. The first-order valence-electron chi connectivity index (χ1n) is 8.10. The van der Waals surface area contributed by atoms with Gasteiger partial charge in [0.15, 0.2) is 0 Å². The van der Waals surface area contributed by atoms with Crippen molar-refractivity contribution in [2.45, 2.75) is 12.5 Å². The number of hydrogen-bond acceptors (Lipinski definition) is 3. The summed E-state index contributed by atoms with van der Waals surface area (Å²) in [6.07, 6.45) is 0. The zero-order valence-corrected chi connectivity index (χ0v) is 14.4. The van der Waals surface area contributed by atoms with E-state index in [1.165, 1.54) is 12.1 Å². The van der Waals surface area contributed by atoms with Crippen molar-refractivity contribution >= 4 is 17.6 Å². The van der Waals surface area contributed by atoms with Crippen molar-refractivity contribution in [1.29, 1.82) is 0 Å². The van der Waals surface area contributed by atoms with Gasteiger partial charge in [0.25, 0.3) is 0 Å². The molecule has 5 heteroatoms. The third kappa shape index (κ3) is 2.93. The van der Waals surface area contributed by atoms with Crippen LogP contribution in [0.1, 0.15) is 22.6 Å². The molecule has 0 aromatic heterocycles. The van der Waals surface area contributed by atoms with E-state index in [0.29, 0.717) is 11.5 Å². The highest BCUT2D eigenvalue weighted by Gasteiger charge is 2.33. The molecular formula is C21H14ClFO3. The molecule has 0 radical (unpaired) electrons. The van der Waals surface area contributed by atoms with Crippen LogP contribution < -0.4 is 4.74 Å². The highest BCUT2D eigenvalue weighted by Crippen LogP contribution is 2.44. The number of carbonyl (C=O) groups is 1. The molecule has 0 atom stereocenters. The molecule has 1 aliphatic heterocycles. The summed E-state index contributed by atoms with van der Waals surface area (Å²) in [7, 11) is 0. The van der Waals surface area contributed by atoms with Crippen molar-refractivity contribution in [1.82, 2.24) is 0 Å². The summed E-state index contributed by atoms with van der Waals surface area (Å²) in [5.41, 5.74) is 1.60. The Kier molecular flexibility index (Phi) is 4.35. The molecule has 0 bridgehead atoms. The lowest BCUT2D eigenvalue weighted by molar-refractivity contribution is -0.145. The molecule has 1 aliphatic rings. The minimum absolute atomic E-state index is 0.163. The molecule has 0 fully saturated rings. The fourth-order valence-electron chi connectivity index (χ4n) is 3.06. The number of benzene rings is 3. The Balaban J connectivity index is 1.66. The Morgan fingerprint density at radius 1 is 0.962 bits per heavy atom. The number of halogens is 2. The van der Waals surface area contributed by atoms with Crippen molar-refractivity contribution in [3.05, 3.63) is 94.3 Å². The molecule has 3 aromatic carbocycles. The maximum Gasteiger partial charge on any atom is 0.318 e. The lowest BCUT2D eigenvalue weighted by Gasteiger charge is -2.26. The van der Waals surface area contributed by atoms with Crippen molar-refractivity contribution in [2.75, 3.05) is 0 Å². The minimum atomic E-state index is -0.637. The first-order chi connectivity index (χ1) is 12.6. The average molecular weight is 369 g/mol. The summed E-state index contributed by atoms with van der Waals surface area (Å²) in [4.78, 5) is 12.9. The Bertz CT molecular complexity index is 921. The first-order valence-corrected chi connectivity index (χ1v) is 8.48. The van der Waals surface area contributed by atoms with Crippen molar-refractivity contribution in [3.8, 4) is 11.5 Å². The molecule has 0 saturated carbocycles. The quantitative estimate of drug-likeness (QED) is 0.576. The molecule has 0 amide bonds. The third-order valence-electron chi connectivity index (χ3n) is 4.34. The number of para-hydroxylation sites is 2. The first kappa shape index (κ1) is 16.6. The van der Waals surface area contributed by atoms with E-state index in [9.17, 15) is 9.18 Å². The topological polar surface area (TPSA) is 35.5 Å². The molecule has 26 heavy (non-hydrogen) atoms. The number of fused-ring (bicyclic) bond motifs is 2. The summed E-state index contributed by atoms with van der Waals surface area (Å²) in [6.45, 7) is -0.230. The van der Waals surface area contributed by atoms with Crippen LogP contribution in [0.25, 0.3) is 0 Å². The molecular weight excluding hydrogens is 355 g/mol. The fourth-order valence-corrected chi connectivity index (χ4v) is 3.28. The van der Waals surface area contributed by atoms with Crippen LogP contribution in [0.3, 0.4) is 0 Å². The number of ether oxygens (including phenoxy) is 2. The van der Waals surface area contributed by atoms with Crippen LogP contribution in [0, 0.1) is 5.82 Å². The van der Waals surface area contributed by atoms with Gasteiger partial charge in [-0.1, -0.05) is 54.1 Å². The van der Waals surface area contributed by atoms with Crippen LogP contribution in [0.5, 0.6) is 11.5 Å². The van der Waals surface area contributed by atoms with Crippen LogP contribution >= 0.6 is 11.6 Å². The standard InChI is InChI=1S/C21H14ClFO3/c22-16-8-5-9-17(23)15(16)12-25-21(24)20-13-6-1-3-10-18(13)26-19-11-4-2-7-14(19)20/h1-11,20H,12H2. The number of esters is 1. The molecule has 3 aromatic rings. The molecule has 0 N–H and O–H groups in total. The fraction of sp³-hybridized carbons (Fsp3) is 0.0952. The highest BCUT2D eigenvalue weighted by atomic mass is 35.5. The molecule has 130 valence electrons. The second-order valence-electron chi connectivity index (χ2n) is 5.92. The van der Waals surface area contributed by atoms with Crippen molar-refractivity contribution in [3.63, 3.8) is 0 Å². The van der Waals surface area contributed by atoms with Crippen molar-refractivity contribution < 1.29 is 18.7 Å². The molecule has 4 rings (SSSR count). The Morgan fingerprint density at radius 2 is 1.58 bits per heavy atom. The van der Waals surface area contributed by atoms with E-state index in [0.717, 1.165) is 11.1 Å². The normalized spacial score (nSPS) is 12.7. The van der Waals surface area contributed by atoms with E-state index >= 15 is 0 Å². The van der Waals surface area contributed by atoms with Crippen molar-refractivity contribution in [2.24, 2.45) is 0 Å². The predicted octanol–water partition coefficient (Wildman–Crippen LogP) is 5.46. The maximum absolute atomic E-state index is 13.9. The average Bonchev–Trinajstić information content (AvgIpc) is 2.65. The molecule has 0 aliphatic carbocycles. The van der Waals surface area contributed by atoms with Gasteiger partial charge in [-0.15, -0.1) is 0 Å². The van der Waals surface area contributed by atoms with E-state index in [2.05, 4.69) is 0 Å². The van der Waals surface area contributed by atoms with Gasteiger partial charge in [0.2, 0.25) is 0 Å². The van der Waals surface area contributed by atoms with Crippen LogP contribution in [0.2, 0.25) is 5.02 Å². The van der Waals surface area contributed by atoms with E-state index in [-0.39, 0.29) is 17.2 Å². The molecule has 1 heterocycles. The van der Waals surface area contributed by atoms with Gasteiger partial charge in [-0.2, -0.15) is 0 Å². The third-order valence-corrected chi connectivity index (χ3v) is 4.69. The van der Waals surface area contributed by atoms with Gasteiger partial charge in [0, 0.05) is 16.7 Å². The molecule has 0 saturated heterocycles. The number of hydrogen-bond donors (Lipinski definition) is 0. The van der Waals surface area contributed by atoms with Gasteiger partial charge in [-0.25, -0.2) is 4.39 Å². The van der Waals surface area contributed by atoms with E-state index in [1.807, 2.05) is 36.4 Å². The summed E-state index contributed by atoms with van der Waals surface area (Å²) in [5, 5.41) is 0.227. The van der Waals surface area contributed by atoms with Crippen LogP contribution in [0.4, 0.5) is 4.39 Å². The summed E-state index contributed by atoms with van der Waals surface area (Å²) >= 11 is 6.01. The van der Waals surface area contributed by atoms with E-state index < -0.39 is 17.7 Å². The highest BCUT2D eigenvalue weighted by molar-refractivity contribution is 6.31. The van der Waals surface area contributed by atoms with Crippen LogP contribution in [-0.4, -0.2) is 5.97 Å². The van der Waals surface area contributed by atoms with Gasteiger partial charge in [0.05, 0.1) is 5.02 Å². The minimum Gasteiger partial charge on any atom is -0.460 e. The van der Waals surface area contributed by atoms with Gasteiger partial charge in [0.1, 0.15) is 29.8 Å². The van der Waals surface area contributed by atoms with E-state index in [1.54, 1.807) is 18.2 Å². The number of rotatable bonds is 3.